The van der Waals surface area contributed by atoms with Crippen LogP contribution in [0, 0.1) is 0 Å². The third-order valence-electron chi connectivity index (χ3n) is 7.48. The lowest BCUT2D eigenvalue weighted by Gasteiger charge is -2.21. The summed E-state index contributed by atoms with van der Waals surface area (Å²) in [6.45, 7) is 8.95. The van der Waals surface area contributed by atoms with Gasteiger partial charge in [-0.25, -0.2) is 4.79 Å². The van der Waals surface area contributed by atoms with Crippen LogP contribution in [0.25, 0.3) is 0 Å². The summed E-state index contributed by atoms with van der Waals surface area (Å²) in [4.78, 5) is 12.5. The van der Waals surface area contributed by atoms with Gasteiger partial charge >= 0.3 is 11.5 Å². The summed E-state index contributed by atoms with van der Waals surface area (Å²) in [5.41, 5.74) is 0.118. The van der Waals surface area contributed by atoms with Gasteiger partial charge < -0.3 is 18.8 Å². The number of rotatable bonds is 27. The predicted octanol–water partition coefficient (Wildman–Crippen LogP) is 9.77. The van der Waals surface area contributed by atoms with E-state index in [0.29, 0.717) is 18.3 Å². The molecule has 236 valence electrons. The topological polar surface area (TPSA) is 82.1 Å². The Morgan fingerprint density at radius 1 is 0.927 bits per heavy atom. The number of carbonyl (C=O) groups excluding carboxylic acids is 1. The predicted molar refractivity (Wildman–Crippen MR) is 172 cm³/mol. The van der Waals surface area contributed by atoms with Gasteiger partial charge in [-0.3, -0.25) is 4.57 Å². The van der Waals surface area contributed by atoms with E-state index in [2.05, 4.69) is 45.0 Å². The highest BCUT2D eigenvalue weighted by Gasteiger charge is 2.42. The zero-order valence-corrected chi connectivity index (χ0v) is 28.0. The maximum absolute atomic E-state index is 12.5. The van der Waals surface area contributed by atoms with Crippen molar-refractivity contribution in [3.63, 3.8) is 0 Å². The Labute approximate surface area is 256 Å². The van der Waals surface area contributed by atoms with E-state index in [1.165, 1.54) is 81.8 Å². The van der Waals surface area contributed by atoms with Crippen LogP contribution < -0.4 is 0 Å². The van der Waals surface area contributed by atoms with E-state index in [0.717, 1.165) is 44.1 Å². The molecule has 0 saturated heterocycles. The maximum Gasteiger partial charge on any atom is 0.391 e. The Kier molecular flexibility index (Phi) is 22.7. The Hall–Kier alpha value is -0.980. The van der Waals surface area contributed by atoms with Crippen LogP contribution in [0.4, 0.5) is 0 Å². The van der Waals surface area contributed by atoms with Crippen molar-refractivity contribution in [3.05, 3.63) is 35.4 Å². The minimum Gasteiger partial charge on any atom is -0.387 e. The van der Waals surface area contributed by atoms with E-state index in [9.17, 15) is 14.5 Å². The first kappa shape index (κ1) is 38.0. The Bertz CT molecular complexity index is 810. The summed E-state index contributed by atoms with van der Waals surface area (Å²) in [5.74, 6) is -0.106. The van der Waals surface area contributed by atoms with Gasteiger partial charge in [0.15, 0.2) is 0 Å². The molecule has 3 unspecified atom stereocenters. The van der Waals surface area contributed by atoms with E-state index in [1.54, 1.807) is 0 Å². The first-order valence-corrected chi connectivity index (χ1v) is 17.9. The number of carbonyl (C=O) groups is 1. The number of hydrogen-bond donors (Lipinski definition) is 1. The van der Waals surface area contributed by atoms with Crippen molar-refractivity contribution in [3.8, 4) is 0 Å². The van der Waals surface area contributed by atoms with E-state index in [4.69, 9.17) is 13.7 Å². The number of aryl methyl sites for hydroxylation is 1. The summed E-state index contributed by atoms with van der Waals surface area (Å²) in [6.07, 6.45) is 18.5. The molecule has 1 aromatic carbocycles. The Morgan fingerprint density at radius 3 is 2.20 bits per heavy atom. The molecule has 3 atom stereocenters. The molecule has 0 amide bonds. The second kappa shape index (κ2) is 24.5. The highest BCUT2D eigenvalue weighted by molar-refractivity contribution is 7.95. The molecule has 1 rings (SSSR count). The number of unbranched alkanes of at least 4 members (excludes halogenated alkanes) is 11. The van der Waals surface area contributed by atoms with Crippen LogP contribution in [-0.2, 0) is 29.4 Å². The average Bonchev–Trinajstić information content (AvgIpc) is 2.99. The second-order valence-corrected chi connectivity index (χ2v) is 12.7. The Morgan fingerprint density at radius 2 is 1.56 bits per heavy atom. The van der Waals surface area contributed by atoms with Gasteiger partial charge in [0.25, 0.3) is 0 Å². The molecule has 0 bridgehead atoms. The first-order valence-electron chi connectivity index (χ1n) is 16.1. The molecule has 8 heteroatoms. The van der Waals surface area contributed by atoms with Gasteiger partial charge in [0.2, 0.25) is 8.46 Å². The normalized spacial score (nSPS) is 14.6. The number of hydrogen-bond acceptors (Lipinski definition) is 7. The van der Waals surface area contributed by atoms with Crippen molar-refractivity contribution in [1.82, 2.24) is 0 Å². The summed E-state index contributed by atoms with van der Waals surface area (Å²) in [7, 11) is -0.853. The van der Waals surface area contributed by atoms with Gasteiger partial charge in [-0.05, 0) is 49.7 Å². The monoisotopic (exact) mass is 612 g/mol. The van der Waals surface area contributed by atoms with Gasteiger partial charge in [-0.2, -0.15) is 0 Å². The molecule has 6 nitrogen and oxygen atoms in total. The minimum atomic E-state index is -2.53. The van der Waals surface area contributed by atoms with Crippen LogP contribution in [0.3, 0.4) is 0 Å². The molecule has 0 spiro atoms. The lowest BCUT2D eigenvalue weighted by atomic mass is 9.89. The van der Waals surface area contributed by atoms with Crippen molar-refractivity contribution in [2.24, 2.45) is 0 Å². The van der Waals surface area contributed by atoms with E-state index in [1.807, 2.05) is 6.92 Å². The zero-order valence-electron chi connectivity index (χ0n) is 26.2. The van der Waals surface area contributed by atoms with Crippen LogP contribution in [-0.4, -0.2) is 41.7 Å². The van der Waals surface area contributed by atoms with Gasteiger partial charge in [-0.1, -0.05) is 122 Å². The lowest BCUT2D eigenvalue weighted by Crippen LogP contribution is -2.38. The summed E-state index contributed by atoms with van der Waals surface area (Å²) < 4.78 is 27.9. The molecule has 0 fully saturated rings. The van der Waals surface area contributed by atoms with Crippen molar-refractivity contribution >= 4 is 26.5 Å². The smallest absolute Gasteiger partial charge is 0.387 e. The summed E-state index contributed by atoms with van der Waals surface area (Å²) in [5, 5.41) is 10.5. The minimum absolute atomic E-state index is 0.0591. The quantitative estimate of drug-likeness (QED) is 0.0458. The second-order valence-electron chi connectivity index (χ2n) is 11.1. The molecule has 1 N–H and O–H groups in total. The highest BCUT2D eigenvalue weighted by atomic mass is 32.2. The number of ether oxygens (including phenoxy) is 2. The molecular formula is C33H57O6PS. The fourth-order valence-corrected chi connectivity index (χ4v) is 5.80. The molecular weight excluding hydrogens is 555 g/mol. The maximum atomic E-state index is 12.5. The molecule has 0 saturated carbocycles. The number of aliphatic hydroxyl groups is 1. The van der Waals surface area contributed by atoms with Crippen molar-refractivity contribution in [1.29, 1.82) is 0 Å². The molecule has 0 aliphatic heterocycles. The largest absolute Gasteiger partial charge is 0.391 e. The van der Waals surface area contributed by atoms with Crippen LogP contribution in [0.1, 0.15) is 141 Å². The van der Waals surface area contributed by atoms with Gasteiger partial charge in [0.1, 0.15) is 0 Å². The average molecular weight is 613 g/mol. The van der Waals surface area contributed by atoms with Crippen LogP contribution in [0.15, 0.2) is 24.3 Å². The molecule has 0 heterocycles. The van der Waals surface area contributed by atoms with Gasteiger partial charge in [0, 0.05) is 12.4 Å². The fourth-order valence-electron chi connectivity index (χ4n) is 4.80. The van der Waals surface area contributed by atoms with Gasteiger partial charge in [0.05, 0.1) is 24.8 Å². The molecule has 0 aliphatic carbocycles. The van der Waals surface area contributed by atoms with Crippen molar-refractivity contribution in [2.45, 2.75) is 148 Å². The molecule has 1 aromatic rings. The molecule has 0 aliphatic rings. The standard InChI is InChI=1S/C33H57O6PS/c1-5-8-10-12-13-14-16-18-24-37-28(4)27-38-33(35,40-36)32(34)39-41-25-23-30(21-17-15-11-9-6-2)31-22-19-20-29(7-3)26-31/h19-20,22,26,28,30,35H,5-18,21,23-25,27H2,1-4H3. The Balaban J connectivity index is 2.41. The van der Waals surface area contributed by atoms with Crippen LogP contribution in [0.2, 0.25) is 0 Å². The zero-order chi connectivity index (χ0) is 30.2. The fraction of sp³-hybridized carbons (Fsp3) is 0.788. The highest BCUT2D eigenvalue weighted by Crippen LogP contribution is 2.30. The first-order chi connectivity index (χ1) is 19.9. The van der Waals surface area contributed by atoms with E-state index in [-0.39, 0.29) is 12.7 Å². The van der Waals surface area contributed by atoms with E-state index < -0.39 is 20.0 Å². The number of benzene rings is 1. The van der Waals surface area contributed by atoms with Gasteiger partial charge in [-0.15, -0.1) is 0 Å². The van der Waals surface area contributed by atoms with Crippen LogP contribution >= 0.6 is 20.5 Å². The van der Waals surface area contributed by atoms with E-state index >= 15 is 0 Å². The van der Waals surface area contributed by atoms with Crippen molar-refractivity contribution < 1.29 is 28.1 Å². The summed E-state index contributed by atoms with van der Waals surface area (Å²) in [6, 6.07) is 8.75. The SMILES string of the molecule is CCCCCCCCCCOC(C)COC(O)(P=O)C(=O)OSCCC(CCCCCCC)c1cccc(CC)c1. The van der Waals surface area contributed by atoms with Crippen molar-refractivity contribution in [2.75, 3.05) is 19.0 Å². The molecule has 0 aromatic heterocycles. The molecule has 0 radical (unpaired) electrons. The lowest BCUT2D eigenvalue weighted by molar-refractivity contribution is -0.192. The summed E-state index contributed by atoms with van der Waals surface area (Å²) >= 11 is 0.981. The molecule has 41 heavy (non-hydrogen) atoms. The third kappa shape index (κ3) is 17.7. The van der Waals surface area contributed by atoms with Crippen LogP contribution in [0.5, 0.6) is 0 Å². The third-order valence-corrected chi connectivity index (χ3v) is 8.71.